The van der Waals surface area contributed by atoms with Crippen LogP contribution >= 0.6 is 15.9 Å². The molecular weight excluding hydrogens is 262 g/mol. The van der Waals surface area contributed by atoms with Crippen LogP contribution in [-0.2, 0) is 0 Å². The van der Waals surface area contributed by atoms with E-state index in [4.69, 9.17) is 0 Å². The van der Waals surface area contributed by atoms with Gasteiger partial charge in [0.05, 0.1) is 0 Å². The molecule has 1 unspecified atom stereocenters. The number of nitrogens with one attached hydrogen (secondary N) is 1. The number of hydrogen-bond acceptors (Lipinski definition) is 1. The van der Waals surface area contributed by atoms with E-state index in [1.807, 2.05) is 0 Å². The van der Waals surface area contributed by atoms with E-state index in [0.717, 1.165) is 12.5 Å². The molecule has 1 aliphatic rings. The van der Waals surface area contributed by atoms with Gasteiger partial charge in [0.2, 0.25) is 0 Å². The summed E-state index contributed by atoms with van der Waals surface area (Å²) in [4.78, 5) is 0. The maximum absolute atomic E-state index is 3.62. The second-order valence-corrected chi connectivity index (χ2v) is 5.65. The predicted molar refractivity (Wildman–Crippen MR) is 72.6 cm³/mol. The van der Waals surface area contributed by atoms with E-state index < -0.39 is 0 Å². The van der Waals surface area contributed by atoms with Crippen LogP contribution in [0.3, 0.4) is 0 Å². The predicted octanol–water partition coefficient (Wildman–Crippen LogP) is 4.21. The van der Waals surface area contributed by atoms with Crippen LogP contribution in [0.5, 0.6) is 0 Å². The summed E-state index contributed by atoms with van der Waals surface area (Å²) in [6.45, 7) is 5.36. The number of hydrogen-bond donors (Lipinski definition) is 1. The molecule has 0 bridgehead atoms. The summed E-state index contributed by atoms with van der Waals surface area (Å²) in [7, 11) is 0. The van der Waals surface area contributed by atoms with Crippen molar-refractivity contribution in [2.45, 2.75) is 39.2 Å². The van der Waals surface area contributed by atoms with Gasteiger partial charge in [0.25, 0.3) is 0 Å². The molecule has 0 radical (unpaired) electrons. The second kappa shape index (κ2) is 5.33. The quantitative estimate of drug-likeness (QED) is 0.853. The first kappa shape index (κ1) is 12.1. The zero-order valence-electron chi connectivity index (χ0n) is 10.1. The van der Waals surface area contributed by atoms with Crippen molar-refractivity contribution in [3.05, 3.63) is 33.8 Å². The van der Waals surface area contributed by atoms with Gasteiger partial charge in [-0.15, -0.1) is 0 Å². The van der Waals surface area contributed by atoms with Crippen molar-refractivity contribution < 1.29 is 0 Å². The Morgan fingerprint density at radius 1 is 1.44 bits per heavy atom. The summed E-state index contributed by atoms with van der Waals surface area (Å²) in [5.41, 5.74) is 2.73. The molecular formula is C14H20BrN. The summed E-state index contributed by atoms with van der Waals surface area (Å²) in [6.07, 6.45) is 4.15. The molecule has 1 nitrogen and oxygen atoms in total. The van der Waals surface area contributed by atoms with Gasteiger partial charge in [-0.3, -0.25) is 0 Å². The fourth-order valence-corrected chi connectivity index (χ4v) is 2.49. The highest BCUT2D eigenvalue weighted by Crippen LogP contribution is 2.38. The van der Waals surface area contributed by atoms with Gasteiger partial charge in [-0.2, -0.15) is 0 Å². The van der Waals surface area contributed by atoms with Crippen molar-refractivity contribution in [3.8, 4) is 0 Å². The van der Waals surface area contributed by atoms with E-state index in [-0.39, 0.29) is 0 Å². The first-order valence-corrected chi connectivity index (χ1v) is 6.99. The Hall–Kier alpha value is -0.340. The van der Waals surface area contributed by atoms with Crippen molar-refractivity contribution in [3.63, 3.8) is 0 Å². The van der Waals surface area contributed by atoms with Crippen LogP contribution in [0.25, 0.3) is 0 Å². The van der Waals surface area contributed by atoms with E-state index in [1.54, 1.807) is 0 Å². The lowest BCUT2D eigenvalue weighted by Crippen LogP contribution is -2.21. The second-order valence-electron chi connectivity index (χ2n) is 4.80. The number of halogens is 1. The topological polar surface area (TPSA) is 12.0 Å². The first-order chi connectivity index (χ1) is 7.70. The molecule has 0 heterocycles. The van der Waals surface area contributed by atoms with E-state index in [1.165, 1.54) is 34.9 Å². The molecule has 2 heteroatoms. The fourth-order valence-electron chi connectivity index (χ4n) is 2.10. The van der Waals surface area contributed by atoms with E-state index in [0.29, 0.717) is 6.04 Å². The van der Waals surface area contributed by atoms with Crippen LogP contribution in [-0.4, -0.2) is 6.54 Å². The van der Waals surface area contributed by atoms with Crippen molar-refractivity contribution in [1.29, 1.82) is 0 Å². The number of rotatable bonds is 5. The standard InChI is InChI=1S/C14H20BrN/c1-3-16-14(8-11-5-6-11)12-7-4-10(2)13(15)9-12/h4,7,9,11,14,16H,3,5-6,8H2,1-2H3. The minimum atomic E-state index is 0.536. The van der Waals surface area contributed by atoms with Gasteiger partial charge in [-0.1, -0.05) is 47.8 Å². The Kier molecular flexibility index (Phi) is 4.04. The highest BCUT2D eigenvalue weighted by molar-refractivity contribution is 9.10. The van der Waals surface area contributed by atoms with Crippen LogP contribution < -0.4 is 5.32 Å². The zero-order valence-corrected chi connectivity index (χ0v) is 11.7. The smallest absolute Gasteiger partial charge is 0.0323 e. The van der Waals surface area contributed by atoms with E-state index in [2.05, 4.69) is 53.3 Å². The van der Waals surface area contributed by atoms with Gasteiger partial charge < -0.3 is 5.32 Å². The molecule has 2 rings (SSSR count). The van der Waals surface area contributed by atoms with Gasteiger partial charge in [0.1, 0.15) is 0 Å². The molecule has 0 aromatic heterocycles. The highest BCUT2D eigenvalue weighted by Gasteiger charge is 2.25. The van der Waals surface area contributed by atoms with Gasteiger partial charge in [0, 0.05) is 10.5 Å². The van der Waals surface area contributed by atoms with Crippen LogP contribution in [0.1, 0.15) is 43.4 Å². The first-order valence-electron chi connectivity index (χ1n) is 6.20. The average molecular weight is 282 g/mol. The lowest BCUT2D eigenvalue weighted by atomic mass is 10.00. The Labute approximate surface area is 107 Å². The summed E-state index contributed by atoms with van der Waals surface area (Å²) in [6, 6.07) is 7.27. The van der Waals surface area contributed by atoms with Crippen LogP contribution in [0, 0.1) is 12.8 Å². The fraction of sp³-hybridized carbons (Fsp3) is 0.571. The molecule has 88 valence electrons. The molecule has 1 N–H and O–H groups in total. The number of aryl methyl sites for hydroxylation is 1. The van der Waals surface area contributed by atoms with Crippen molar-refractivity contribution >= 4 is 15.9 Å². The molecule has 1 saturated carbocycles. The van der Waals surface area contributed by atoms with Crippen molar-refractivity contribution in [1.82, 2.24) is 5.32 Å². The van der Waals surface area contributed by atoms with Crippen LogP contribution in [0.2, 0.25) is 0 Å². The summed E-state index contributed by atoms with van der Waals surface area (Å²) in [5.74, 6) is 0.962. The lowest BCUT2D eigenvalue weighted by Gasteiger charge is -2.19. The van der Waals surface area contributed by atoms with Gasteiger partial charge in [-0.05, 0) is 43.0 Å². The molecule has 0 spiro atoms. The third-order valence-electron chi connectivity index (χ3n) is 3.31. The van der Waals surface area contributed by atoms with Crippen LogP contribution in [0.4, 0.5) is 0 Å². The molecule has 0 aliphatic heterocycles. The Balaban J connectivity index is 2.12. The van der Waals surface area contributed by atoms with Gasteiger partial charge >= 0.3 is 0 Å². The van der Waals surface area contributed by atoms with E-state index in [9.17, 15) is 0 Å². The van der Waals surface area contributed by atoms with Crippen molar-refractivity contribution in [2.24, 2.45) is 5.92 Å². The molecule has 1 aliphatic carbocycles. The average Bonchev–Trinajstić information content (AvgIpc) is 3.05. The largest absolute Gasteiger partial charge is 0.310 e. The maximum atomic E-state index is 3.62. The molecule has 1 aromatic rings. The molecule has 1 atom stereocenters. The Morgan fingerprint density at radius 3 is 2.75 bits per heavy atom. The SMILES string of the molecule is CCNC(CC1CC1)c1ccc(C)c(Br)c1. The third-order valence-corrected chi connectivity index (χ3v) is 4.17. The summed E-state index contributed by atoms with van der Waals surface area (Å²) in [5, 5.41) is 3.60. The normalized spacial score (nSPS) is 17.4. The monoisotopic (exact) mass is 281 g/mol. The molecule has 0 saturated heterocycles. The third kappa shape index (κ3) is 3.08. The summed E-state index contributed by atoms with van der Waals surface area (Å²) >= 11 is 3.62. The molecule has 16 heavy (non-hydrogen) atoms. The van der Waals surface area contributed by atoms with Gasteiger partial charge in [0.15, 0.2) is 0 Å². The van der Waals surface area contributed by atoms with Crippen LogP contribution in [0.15, 0.2) is 22.7 Å². The van der Waals surface area contributed by atoms with E-state index >= 15 is 0 Å². The number of benzene rings is 1. The zero-order chi connectivity index (χ0) is 11.5. The molecule has 1 fully saturated rings. The van der Waals surface area contributed by atoms with Crippen molar-refractivity contribution in [2.75, 3.05) is 6.54 Å². The lowest BCUT2D eigenvalue weighted by molar-refractivity contribution is 0.486. The Morgan fingerprint density at radius 2 is 2.19 bits per heavy atom. The minimum Gasteiger partial charge on any atom is -0.310 e. The summed E-state index contributed by atoms with van der Waals surface area (Å²) < 4.78 is 1.23. The minimum absolute atomic E-state index is 0.536. The Bertz CT molecular complexity index is 358. The van der Waals surface area contributed by atoms with Gasteiger partial charge in [-0.25, -0.2) is 0 Å². The maximum Gasteiger partial charge on any atom is 0.0323 e. The molecule has 1 aromatic carbocycles. The molecule has 0 amide bonds. The highest BCUT2D eigenvalue weighted by atomic mass is 79.9.